The van der Waals surface area contributed by atoms with E-state index in [1.54, 1.807) is 30.3 Å². The van der Waals surface area contributed by atoms with Crippen LogP contribution in [0.1, 0.15) is 32.1 Å². The van der Waals surface area contributed by atoms with Gasteiger partial charge in [0, 0.05) is 63.3 Å². The van der Waals surface area contributed by atoms with Crippen molar-refractivity contribution in [2.24, 2.45) is 5.92 Å². The minimum Gasteiger partial charge on any atom is -0.369 e. The predicted molar refractivity (Wildman–Crippen MR) is 126 cm³/mol. The van der Waals surface area contributed by atoms with Crippen molar-refractivity contribution in [2.45, 2.75) is 25.8 Å². The van der Waals surface area contributed by atoms with Gasteiger partial charge in [-0.3, -0.25) is 9.59 Å². The van der Waals surface area contributed by atoms with E-state index in [0.29, 0.717) is 6.54 Å². The van der Waals surface area contributed by atoms with Gasteiger partial charge in [-0.2, -0.15) is 0 Å². The molecule has 1 atom stereocenters. The molecular formula is C24H32N4O2S. The molecule has 1 aliphatic heterocycles. The van der Waals surface area contributed by atoms with E-state index in [4.69, 9.17) is 0 Å². The second kappa shape index (κ2) is 9.40. The van der Waals surface area contributed by atoms with Crippen LogP contribution >= 0.6 is 11.3 Å². The first-order chi connectivity index (χ1) is 14.9. The summed E-state index contributed by atoms with van der Waals surface area (Å²) in [6.07, 6.45) is 2.44. The highest BCUT2D eigenvalue weighted by Gasteiger charge is 2.27. The molecule has 2 aliphatic rings. The van der Waals surface area contributed by atoms with Crippen molar-refractivity contribution in [1.29, 1.82) is 0 Å². The first kappa shape index (κ1) is 21.8. The van der Waals surface area contributed by atoms with E-state index in [1.165, 1.54) is 10.6 Å². The van der Waals surface area contributed by atoms with Crippen LogP contribution in [0, 0.1) is 5.92 Å². The highest BCUT2D eigenvalue weighted by atomic mass is 32.1. The Labute approximate surface area is 188 Å². The smallest absolute Gasteiger partial charge is 0.263 e. The molecule has 31 heavy (non-hydrogen) atoms. The number of thiophene rings is 1. The van der Waals surface area contributed by atoms with Crippen LogP contribution in [0.2, 0.25) is 0 Å². The molecule has 0 saturated carbocycles. The SMILES string of the molecule is CN1CCN(c2ccc(CNC(=O)C3CCc4sc(C(=O)N(C)C)cc4C3)cc2)CC1. The van der Waals surface area contributed by atoms with Crippen LogP contribution in [0.25, 0.3) is 0 Å². The summed E-state index contributed by atoms with van der Waals surface area (Å²) < 4.78 is 0. The maximum Gasteiger partial charge on any atom is 0.263 e. The third-order valence-corrected chi connectivity index (χ3v) is 7.57. The highest BCUT2D eigenvalue weighted by Crippen LogP contribution is 2.33. The molecule has 0 radical (unpaired) electrons. The minimum absolute atomic E-state index is 0.0194. The van der Waals surface area contributed by atoms with Crippen LogP contribution in [0.15, 0.2) is 30.3 Å². The second-order valence-electron chi connectivity index (χ2n) is 8.87. The van der Waals surface area contributed by atoms with Crippen LogP contribution in [-0.2, 0) is 24.2 Å². The van der Waals surface area contributed by atoms with E-state index in [9.17, 15) is 9.59 Å². The molecule has 7 heteroatoms. The lowest BCUT2D eigenvalue weighted by molar-refractivity contribution is -0.125. The van der Waals surface area contributed by atoms with Crippen LogP contribution in [0.3, 0.4) is 0 Å². The monoisotopic (exact) mass is 440 g/mol. The van der Waals surface area contributed by atoms with Gasteiger partial charge in [0.1, 0.15) is 0 Å². The van der Waals surface area contributed by atoms with Crippen molar-refractivity contribution in [3.8, 4) is 0 Å². The van der Waals surface area contributed by atoms with Gasteiger partial charge in [-0.1, -0.05) is 12.1 Å². The van der Waals surface area contributed by atoms with Crippen LogP contribution in [0.5, 0.6) is 0 Å². The molecule has 1 fully saturated rings. The summed E-state index contributed by atoms with van der Waals surface area (Å²) in [7, 11) is 5.71. The summed E-state index contributed by atoms with van der Waals surface area (Å²) in [5, 5.41) is 3.12. The summed E-state index contributed by atoms with van der Waals surface area (Å²) in [6.45, 7) is 4.85. The predicted octanol–water partition coefficient (Wildman–Crippen LogP) is 2.62. The standard InChI is InChI=1S/C24H32N4O2S/c1-26(2)24(30)22-15-19-14-18(6-9-21(19)31-22)23(29)25-16-17-4-7-20(8-5-17)28-12-10-27(3)11-13-28/h4-5,7-8,15,18H,6,9-14,16H2,1-3H3,(H,25,29). The summed E-state index contributed by atoms with van der Waals surface area (Å²) in [5.41, 5.74) is 3.54. The van der Waals surface area contributed by atoms with Crippen molar-refractivity contribution in [2.75, 3.05) is 52.2 Å². The Balaban J connectivity index is 1.30. The zero-order chi connectivity index (χ0) is 22.0. The van der Waals surface area contributed by atoms with E-state index in [-0.39, 0.29) is 17.7 Å². The van der Waals surface area contributed by atoms with E-state index in [1.807, 2.05) is 6.07 Å². The molecule has 2 heterocycles. The Morgan fingerprint density at radius 2 is 1.84 bits per heavy atom. The number of piperazine rings is 1. The largest absolute Gasteiger partial charge is 0.369 e. The molecule has 0 bridgehead atoms. The van der Waals surface area contributed by atoms with Crippen molar-refractivity contribution >= 4 is 28.8 Å². The van der Waals surface area contributed by atoms with E-state index < -0.39 is 0 Å². The normalized spacial score (nSPS) is 19.1. The number of hydrogen-bond acceptors (Lipinski definition) is 5. The Bertz CT molecular complexity index is 930. The lowest BCUT2D eigenvalue weighted by Gasteiger charge is -2.34. The maximum absolute atomic E-state index is 12.8. The molecule has 1 N–H and O–H groups in total. The van der Waals surface area contributed by atoms with Crippen molar-refractivity contribution in [1.82, 2.24) is 15.1 Å². The average molecular weight is 441 g/mol. The van der Waals surface area contributed by atoms with Crippen molar-refractivity contribution < 1.29 is 9.59 Å². The van der Waals surface area contributed by atoms with Gasteiger partial charge < -0.3 is 20.0 Å². The third kappa shape index (κ3) is 5.10. The number of carbonyl (C=O) groups is 2. The number of likely N-dealkylation sites (N-methyl/N-ethyl adjacent to an activating group) is 1. The Morgan fingerprint density at radius 1 is 1.13 bits per heavy atom. The van der Waals surface area contributed by atoms with Gasteiger partial charge in [0.2, 0.25) is 5.91 Å². The molecule has 2 amide bonds. The van der Waals surface area contributed by atoms with Gasteiger partial charge in [-0.15, -0.1) is 11.3 Å². The molecule has 2 aromatic rings. The lowest BCUT2D eigenvalue weighted by atomic mass is 9.87. The number of fused-ring (bicyclic) bond motifs is 1. The Hall–Kier alpha value is -2.38. The fraction of sp³-hybridized carbons (Fsp3) is 0.500. The number of nitrogens with one attached hydrogen (secondary N) is 1. The second-order valence-corrected chi connectivity index (χ2v) is 10.0. The first-order valence-corrected chi connectivity index (χ1v) is 11.9. The van der Waals surface area contributed by atoms with Crippen LogP contribution in [0.4, 0.5) is 5.69 Å². The molecule has 1 aliphatic carbocycles. The zero-order valence-electron chi connectivity index (χ0n) is 18.7. The third-order valence-electron chi connectivity index (χ3n) is 6.34. The minimum atomic E-state index is -0.0194. The fourth-order valence-corrected chi connectivity index (χ4v) is 5.53. The first-order valence-electron chi connectivity index (χ1n) is 11.0. The molecule has 166 valence electrons. The number of hydrogen-bond donors (Lipinski definition) is 1. The topological polar surface area (TPSA) is 55.9 Å². The zero-order valence-corrected chi connectivity index (χ0v) is 19.5. The number of amides is 2. The molecule has 6 nitrogen and oxygen atoms in total. The van der Waals surface area contributed by atoms with Gasteiger partial charge in [0.05, 0.1) is 4.88 Å². The number of benzene rings is 1. The molecule has 1 aromatic carbocycles. The van der Waals surface area contributed by atoms with E-state index in [2.05, 4.69) is 46.4 Å². The number of nitrogens with zero attached hydrogens (tertiary/aromatic N) is 3. The molecular weight excluding hydrogens is 408 g/mol. The van der Waals surface area contributed by atoms with Crippen LogP contribution < -0.4 is 10.2 Å². The molecule has 4 rings (SSSR count). The highest BCUT2D eigenvalue weighted by molar-refractivity contribution is 7.14. The molecule has 0 spiro atoms. The Kier molecular flexibility index (Phi) is 6.62. The van der Waals surface area contributed by atoms with Crippen LogP contribution in [-0.4, -0.2) is 68.9 Å². The maximum atomic E-state index is 12.8. The van der Waals surface area contributed by atoms with E-state index in [0.717, 1.165) is 61.4 Å². The van der Waals surface area contributed by atoms with Crippen molar-refractivity contribution in [3.05, 3.63) is 51.2 Å². The summed E-state index contributed by atoms with van der Waals surface area (Å²) in [4.78, 5) is 33.4. The quantitative estimate of drug-likeness (QED) is 0.777. The van der Waals surface area contributed by atoms with Gasteiger partial charge in [0.15, 0.2) is 0 Å². The number of aryl methyl sites for hydroxylation is 1. The van der Waals surface area contributed by atoms with Gasteiger partial charge >= 0.3 is 0 Å². The Morgan fingerprint density at radius 3 is 2.52 bits per heavy atom. The molecule has 1 unspecified atom stereocenters. The summed E-state index contributed by atoms with van der Waals surface area (Å²) in [5.74, 6) is 0.134. The summed E-state index contributed by atoms with van der Waals surface area (Å²) >= 11 is 1.58. The summed E-state index contributed by atoms with van der Waals surface area (Å²) in [6, 6.07) is 10.5. The number of carbonyl (C=O) groups excluding carboxylic acids is 2. The molecule has 1 aromatic heterocycles. The fourth-order valence-electron chi connectivity index (χ4n) is 4.30. The average Bonchev–Trinajstić information content (AvgIpc) is 3.21. The van der Waals surface area contributed by atoms with Gasteiger partial charge in [-0.05, 0) is 55.6 Å². The van der Waals surface area contributed by atoms with E-state index >= 15 is 0 Å². The lowest BCUT2D eigenvalue weighted by Crippen LogP contribution is -2.44. The number of rotatable bonds is 5. The molecule has 1 saturated heterocycles. The number of anilines is 1. The van der Waals surface area contributed by atoms with Gasteiger partial charge in [0.25, 0.3) is 5.91 Å². The van der Waals surface area contributed by atoms with Gasteiger partial charge in [-0.25, -0.2) is 0 Å². The van der Waals surface area contributed by atoms with Crippen molar-refractivity contribution in [3.63, 3.8) is 0 Å².